The maximum atomic E-state index is 12.3. The fraction of sp³-hybridized carbons (Fsp3) is 0.333. The quantitative estimate of drug-likeness (QED) is 0.678. The van der Waals surface area contributed by atoms with Gasteiger partial charge < -0.3 is 9.47 Å². The van der Waals surface area contributed by atoms with Crippen molar-refractivity contribution >= 4 is 11.8 Å². The first-order valence-electron chi connectivity index (χ1n) is 8.69. The van der Waals surface area contributed by atoms with Crippen LogP contribution in [0.5, 0.6) is 11.5 Å². The summed E-state index contributed by atoms with van der Waals surface area (Å²) < 4.78 is 10.9. The summed E-state index contributed by atoms with van der Waals surface area (Å²) in [6.45, 7) is 2.14. The third-order valence-electron chi connectivity index (χ3n) is 4.38. The molecule has 1 aliphatic carbocycles. The molecular weight excluding hydrogens is 316 g/mol. The van der Waals surface area contributed by atoms with Crippen molar-refractivity contribution in [3.05, 3.63) is 60.2 Å². The largest absolute Gasteiger partial charge is 0.466 e. The summed E-state index contributed by atoms with van der Waals surface area (Å²) in [5, 5.41) is 0. The van der Waals surface area contributed by atoms with Gasteiger partial charge in [0.25, 0.3) is 0 Å². The highest BCUT2D eigenvalue weighted by Gasteiger charge is 2.48. The smallest absolute Gasteiger partial charge is 0.309 e. The van der Waals surface area contributed by atoms with E-state index in [1.165, 1.54) is 0 Å². The van der Waals surface area contributed by atoms with Gasteiger partial charge in [-0.05, 0) is 43.5 Å². The molecule has 4 heteroatoms. The number of hydrogen-bond acceptors (Lipinski definition) is 4. The molecule has 0 N–H and O–H groups in total. The molecule has 0 aromatic heterocycles. The van der Waals surface area contributed by atoms with E-state index < -0.39 is 0 Å². The SMILES string of the molecule is CCOC(=O)[C@H]1C[C@@H]1C(=O)CCc1ccccc1Oc1ccccc1. The summed E-state index contributed by atoms with van der Waals surface area (Å²) >= 11 is 0. The Balaban J connectivity index is 1.57. The Morgan fingerprint density at radius 2 is 1.72 bits per heavy atom. The second-order valence-corrected chi connectivity index (χ2v) is 6.19. The van der Waals surface area contributed by atoms with E-state index in [9.17, 15) is 9.59 Å². The van der Waals surface area contributed by atoms with Crippen LogP contribution in [0.25, 0.3) is 0 Å². The number of ether oxygens (including phenoxy) is 2. The molecule has 1 saturated carbocycles. The van der Waals surface area contributed by atoms with Crippen LogP contribution in [0, 0.1) is 11.8 Å². The van der Waals surface area contributed by atoms with Crippen LogP contribution in [0.15, 0.2) is 54.6 Å². The van der Waals surface area contributed by atoms with Crippen molar-refractivity contribution in [2.75, 3.05) is 6.61 Å². The average molecular weight is 338 g/mol. The zero-order chi connectivity index (χ0) is 17.6. The van der Waals surface area contributed by atoms with Crippen molar-refractivity contribution in [2.24, 2.45) is 11.8 Å². The number of esters is 1. The minimum atomic E-state index is -0.242. The lowest BCUT2D eigenvalue weighted by Crippen LogP contribution is -2.12. The predicted octanol–water partition coefficient (Wildman–Crippen LogP) is 4.18. The van der Waals surface area contributed by atoms with Gasteiger partial charge in [-0.1, -0.05) is 36.4 Å². The first-order valence-corrected chi connectivity index (χ1v) is 8.69. The number of hydrogen-bond donors (Lipinski definition) is 0. The maximum Gasteiger partial charge on any atom is 0.309 e. The highest BCUT2D eigenvalue weighted by Crippen LogP contribution is 2.41. The van der Waals surface area contributed by atoms with Gasteiger partial charge in [-0.2, -0.15) is 0 Å². The van der Waals surface area contributed by atoms with Crippen LogP contribution in [0.4, 0.5) is 0 Å². The molecule has 2 atom stereocenters. The molecular formula is C21H22O4. The Bertz CT molecular complexity index is 739. The van der Waals surface area contributed by atoms with Crippen molar-refractivity contribution in [3.8, 4) is 11.5 Å². The highest BCUT2D eigenvalue weighted by atomic mass is 16.5. The molecule has 130 valence electrons. The number of ketones is 1. The lowest BCUT2D eigenvalue weighted by atomic mass is 10.0. The van der Waals surface area contributed by atoms with Gasteiger partial charge in [0.1, 0.15) is 17.3 Å². The molecule has 0 radical (unpaired) electrons. The number of aryl methyl sites for hydroxylation is 1. The van der Waals surface area contributed by atoms with E-state index in [1.54, 1.807) is 6.92 Å². The number of Topliss-reactive ketones (excluding diaryl/α,β-unsaturated/α-hetero) is 1. The molecule has 0 saturated heterocycles. The Kier molecular flexibility index (Phi) is 5.49. The van der Waals surface area contributed by atoms with Crippen LogP contribution >= 0.6 is 0 Å². The Morgan fingerprint density at radius 1 is 1.00 bits per heavy atom. The lowest BCUT2D eigenvalue weighted by molar-refractivity contribution is -0.145. The van der Waals surface area contributed by atoms with Gasteiger partial charge in [0.05, 0.1) is 12.5 Å². The second-order valence-electron chi connectivity index (χ2n) is 6.19. The number of rotatable bonds is 8. The molecule has 0 unspecified atom stereocenters. The summed E-state index contributed by atoms with van der Waals surface area (Å²) in [4.78, 5) is 24.0. The summed E-state index contributed by atoms with van der Waals surface area (Å²) in [6, 6.07) is 17.3. The van der Waals surface area contributed by atoms with Crippen LogP contribution in [-0.4, -0.2) is 18.4 Å². The maximum absolute atomic E-state index is 12.3. The molecule has 1 aliphatic rings. The van der Waals surface area contributed by atoms with E-state index in [4.69, 9.17) is 9.47 Å². The fourth-order valence-corrected chi connectivity index (χ4v) is 2.93. The van der Waals surface area contributed by atoms with Crippen molar-refractivity contribution in [1.29, 1.82) is 0 Å². The topological polar surface area (TPSA) is 52.6 Å². The second kappa shape index (κ2) is 7.97. The minimum absolute atomic E-state index is 0.132. The van der Waals surface area contributed by atoms with E-state index >= 15 is 0 Å². The lowest BCUT2D eigenvalue weighted by Gasteiger charge is -2.11. The third-order valence-corrected chi connectivity index (χ3v) is 4.38. The van der Waals surface area contributed by atoms with Gasteiger partial charge >= 0.3 is 5.97 Å². The first kappa shape index (κ1) is 17.2. The zero-order valence-electron chi connectivity index (χ0n) is 14.3. The van der Waals surface area contributed by atoms with E-state index in [0.717, 1.165) is 17.1 Å². The van der Waals surface area contributed by atoms with E-state index in [0.29, 0.717) is 25.9 Å². The van der Waals surface area contributed by atoms with Crippen LogP contribution in [0.1, 0.15) is 25.3 Å². The predicted molar refractivity (Wildman–Crippen MR) is 94.5 cm³/mol. The molecule has 0 spiro atoms. The number of carbonyl (C=O) groups excluding carboxylic acids is 2. The van der Waals surface area contributed by atoms with Gasteiger partial charge in [0.15, 0.2) is 0 Å². The van der Waals surface area contributed by atoms with Crippen LogP contribution in [-0.2, 0) is 20.7 Å². The van der Waals surface area contributed by atoms with Gasteiger partial charge in [0.2, 0.25) is 0 Å². The molecule has 1 fully saturated rings. The van der Waals surface area contributed by atoms with Crippen molar-refractivity contribution in [2.45, 2.75) is 26.2 Å². The van der Waals surface area contributed by atoms with Gasteiger partial charge in [-0.3, -0.25) is 9.59 Å². The Hall–Kier alpha value is -2.62. The molecule has 3 rings (SSSR count). The Labute approximate surface area is 147 Å². The van der Waals surface area contributed by atoms with Gasteiger partial charge in [-0.25, -0.2) is 0 Å². The normalized spacial score (nSPS) is 18.4. The molecule has 0 aliphatic heterocycles. The van der Waals surface area contributed by atoms with Crippen LogP contribution < -0.4 is 4.74 Å². The monoisotopic (exact) mass is 338 g/mol. The summed E-state index contributed by atoms with van der Waals surface area (Å²) in [6.07, 6.45) is 1.64. The first-order chi connectivity index (χ1) is 12.2. The third kappa shape index (κ3) is 4.47. The van der Waals surface area contributed by atoms with E-state index in [2.05, 4.69) is 0 Å². The highest BCUT2D eigenvalue weighted by molar-refractivity contribution is 5.91. The molecule has 25 heavy (non-hydrogen) atoms. The van der Waals surface area contributed by atoms with Gasteiger partial charge in [0, 0.05) is 12.3 Å². The van der Waals surface area contributed by atoms with Crippen LogP contribution in [0.2, 0.25) is 0 Å². The van der Waals surface area contributed by atoms with Crippen molar-refractivity contribution in [3.63, 3.8) is 0 Å². The molecule has 2 aromatic rings. The molecule has 0 bridgehead atoms. The number of para-hydroxylation sites is 2. The summed E-state index contributed by atoms with van der Waals surface area (Å²) in [5.41, 5.74) is 0.994. The summed E-state index contributed by atoms with van der Waals surface area (Å²) in [5.74, 6) is 1.02. The standard InChI is InChI=1S/C21H22O4/c1-2-24-21(23)18-14-17(18)19(22)13-12-15-8-6-7-11-20(15)25-16-9-4-3-5-10-16/h3-11,17-18H,2,12-14H2,1H3/t17-,18-/m0/s1. The molecule has 4 nitrogen and oxygen atoms in total. The van der Waals surface area contributed by atoms with Crippen LogP contribution in [0.3, 0.4) is 0 Å². The van der Waals surface area contributed by atoms with E-state index in [-0.39, 0.29) is 23.6 Å². The minimum Gasteiger partial charge on any atom is -0.466 e. The van der Waals surface area contributed by atoms with E-state index in [1.807, 2.05) is 54.6 Å². The number of benzene rings is 2. The zero-order valence-corrected chi connectivity index (χ0v) is 14.3. The number of carbonyl (C=O) groups is 2. The van der Waals surface area contributed by atoms with Gasteiger partial charge in [-0.15, -0.1) is 0 Å². The fourth-order valence-electron chi connectivity index (χ4n) is 2.93. The molecule has 2 aromatic carbocycles. The Morgan fingerprint density at radius 3 is 2.48 bits per heavy atom. The molecule has 0 heterocycles. The molecule has 0 amide bonds. The summed E-state index contributed by atoms with van der Waals surface area (Å²) in [7, 11) is 0. The van der Waals surface area contributed by atoms with Crippen molar-refractivity contribution in [1.82, 2.24) is 0 Å². The van der Waals surface area contributed by atoms with Crippen molar-refractivity contribution < 1.29 is 19.1 Å². The average Bonchev–Trinajstić information content (AvgIpc) is 3.43.